The minimum Gasteiger partial charge on any atom is -0.497 e. The quantitative estimate of drug-likeness (QED) is 0.788. The predicted molar refractivity (Wildman–Crippen MR) is 96.2 cm³/mol. The van der Waals surface area contributed by atoms with E-state index in [1.807, 2.05) is 0 Å². The topological polar surface area (TPSA) is 51.1 Å². The molecule has 1 saturated heterocycles. The number of allylic oxidation sites excluding steroid dienone is 2. The molecule has 2 fully saturated rings. The lowest BCUT2D eigenvalue weighted by Gasteiger charge is -2.33. The molecule has 0 aromatic heterocycles. The second-order valence-electron chi connectivity index (χ2n) is 7.57. The van der Waals surface area contributed by atoms with Gasteiger partial charge in [0.05, 0.1) is 44.7 Å². The number of benzene rings is 1. The van der Waals surface area contributed by atoms with Crippen molar-refractivity contribution in [3.8, 4) is 5.75 Å². The standard InChI is InChI=1S/C19H26N2O3S/c1-24-18-4-6-19(7-5-18)25(22,23)21-10-8-20(9-11-21)14-17-13-15-2-3-16(17)12-15/h2-7,15-17H,8-14H2,1H3/p+1/t15-,16+,17-/m1/s1. The maximum atomic E-state index is 12.8. The van der Waals surface area contributed by atoms with Gasteiger partial charge >= 0.3 is 0 Å². The Bertz CT molecular complexity index is 736. The number of hydrogen-bond donors (Lipinski definition) is 1. The van der Waals surface area contributed by atoms with Crippen LogP contribution in [-0.2, 0) is 10.0 Å². The number of nitrogens with zero attached hydrogens (tertiary/aromatic N) is 1. The van der Waals surface area contributed by atoms with Crippen LogP contribution in [0.1, 0.15) is 12.8 Å². The van der Waals surface area contributed by atoms with Gasteiger partial charge in [-0.1, -0.05) is 12.2 Å². The largest absolute Gasteiger partial charge is 0.497 e. The van der Waals surface area contributed by atoms with Crippen LogP contribution < -0.4 is 9.64 Å². The molecule has 0 spiro atoms. The van der Waals surface area contributed by atoms with Gasteiger partial charge in [-0.05, 0) is 48.9 Å². The number of ether oxygens (including phenoxy) is 1. The summed E-state index contributed by atoms with van der Waals surface area (Å²) in [5, 5.41) is 0. The molecule has 3 atom stereocenters. The molecule has 1 aromatic rings. The fourth-order valence-corrected chi connectivity index (χ4v) is 6.09. The van der Waals surface area contributed by atoms with Crippen molar-refractivity contribution in [2.45, 2.75) is 17.7 Å². The van der Waals surface area contributed by atoms with E-state index in [0.717, 1.165) is 30.8 Å². The van der Waals surface area contributed by atoms with Crippen molar-refractivity contribution in [3.63, 3.8) is 0 Å². The van der Waals surface area contributed by atoms with Crippen LogP contribution >= 0.6 is 0 Å². The van der Waals surface area contributed by atoms with E-state index < -0.39 is 10.0 Å². The van der Waals surface area contributed by atoms with Gasteiger partial charge < -0.3 is 9.64 Å². The molecule has 1 aromatic carbocycles. The predicted octanol–water partition coefficient (Wildman–Crippen LogP) is 0.797. The lowest BCUT2D eigenvalue weighted by molar-refractivity contribution is -0.907. The van der Waals surface area contributed by atoms with Crippen molar-refractivity contribution in [2.75, 3.05) is 39.8 Å². The molecule has 1 N–H and O–H groups in total. The number of rotatable bonds is 5. The van der Waals surface area contributed by atoms with Crippen molar-refractivity contribution in [1.82, 2.24) is 4.31 Å². The summed E-state index contributed by atoms with van der Waals surface area (Å²) in [4.78, 5) is 1.92. The summed E-state index contributed by atoms with van der Waals surface area (Å²) >= 11 is 0. The van der Waals surface area contributed by atoms with Gasteiger partial charge in [-0.3, -0.25) is 0 Å². The first-order valence-corrected chi connectivity index (χ1v) is 10.7. The average Bonchev–Trinajstić information content (AvgIpc) is 3.25. The molecule has 2 bridgehead atoms. The van der Waals surface area contributed by atoms with E-state index in [1.54, 1.807) is 40.6 Å². The van der Waals surface area contributed by atoms with E-state index in [9.17, 15) is 8.42 Å². The second kappa shape index (κ2) is 6.74. The van der Waals surface area contributed by atoms with E-state index in [0.29, 0.717) is 23.7 Å². The molecule has 2 aliphatic carbocycles. The van der Waals surface area contributed by atoms with Gasteiger partial charge in [0.1, 0.15) is 5.75 Å². The molecule has 0 unspecified atom stereocenters. The van der Waals surface area contributed by atoms with Crippen LogP contribution in [0.25, 0.3) is 0 Å². The first kappa shape index (κ1) is 17.1. The van der Waals surface area contributed by atoms with E-state index in [-0.39, 0.29) is 0 Å². The van der Waals surface area contributed by atoms with Crippen LogP contribution in [0.4, 0.5) is 0 Å². The molecule has 1 saturated carbocycles. The molecule has 4 rings (SSSR count). The van der Waals surface area contributed by atoms with Crippen LogP contribution in [0.5, 0.6) is 5.75 Å². The van der Waals surface area contributed by atoms with E-state index in [4.69, 9.17) is 4.74 Å². The van der Waals surface area contributed by atoms with Gasteiger partial charge in [0.25, 0.3) is 0 Å². The van der Waals surface area contributed by atoms with Gasteiger partial charge in [-0.25, -0.2) is 8.42 Å². The number of hydrogen-bond acceptors (Lipinski definition) is 3. The van der Waals surface area contributed by atoms with E-state index in [2.05, 4.69) is 12.2 Å². The average molecular weight is 364 g/mol. The number of sulfonamides is 1. The summed E-state index contributed by atoms with van der Waals surface area (Å²) in [7, 11) is -1.81. The van der Waals surface area contributed by atoms with Crippen LogP contribution in [0.15, 0.2) is 41.3 Å². The molecule has 0 radical (unpaired) electrons. The van der Waals surface area contributed by atoms with Gasteiger partial charge in [0, 0.05) is 5.92 Å². The van der Waals surface area contributed by atoms with Gasteiger partial charge in [-0.2, -0.15) is 4.31 Å². The molecular formula is C19H27N2O3S+. The Labute approximate surface area is 150 Å². The van der Waals surface area contributed by atoms with Crippen molar-refractivity contribution < 1.29 is 18.1 Å². The summed E-state index contributed by atoms with van der Waals surface area (Å²) in [6.07, 6.45) is 7.47. The number of fused-ring (bicyclic) bond motifs is 2. The lowest BCUT2D eigenvalue weighted by atomic mass is 9.93. The zero-order valence-electron chi connectivity index (χ0n) is 14.7. The Kier molecular flexibility index (Phi) is 4.60. The third-order valence-corrected chi connectivity index (χ3v) is 8.01. The molecule has 136 valence electrons. The van der Waals surface area contributed by atoms with Crippen LogP contribution in [-0.4, -0.2) is 52.6 Å². The van der Waals surface area contributed by atoms with Crippen LogP contribution in [0.3, 0.4) is 0 Å². The summed E-state index contributed by atoms with van der Waals surface area (Å²) in [6, 6.07) is 6.68. The Morgan fingerprint density at radius 3 is 2.40 bits per heavy atom. The summed E-state index contributed by atoms with van der Waals surface area (Å²) in [5.74, 6) is 3.06. The van der Waals surface area contributed by atoms with E-state index >= 15 is 0 Å². The highest BCUT2D eigenvalue weighted by Gasteiger charge is 2.39. The zero-order valence-corrected chi connectivity index (χ0v) is 15.5. The minimum atomic E-state index is -3.39. The van der Waals surface area contributed by atoms with Gasteiger partial charge in [0.15, 0.2) is 0 Å². The maximum absolute atomic E-state index is 12.8. The highest BCUT2D eigenvalue weighted by molar-refractivity contribution is 7.89. The van der Waals surface area contributed by atoms with Crippen molar-refractivity contribution in [2.24, 2.45) is 17.8 Å². The van der Waals surface area contributed by atoms with Crippen LogP contribution in [0.2, 0.25) is 0 Å². The zero-order chi connectivity index (χ0) is 17.4. The highest BCUT2D eigenvalue weighted by atomic mass is 32.2. The number of methoxy groups -OCH3 is 1. The monoisotopic (exact) mass is 363 g/mol. The Morgan fingerprint density at radius 1 is 1.12 bits per heavy atom. The fraction of sp³-hybridized carbons (Fsp3) is 0.579. The molecular weight excluding hydrogens is 336 g/mol. The third-order valence-electron chi connectivity index (χ3n) is 6.09. The summed E-state index contributed by atoms with van der Waals surface area (Å²) < 4.78 is 32.4. The third kappa shape index (κ3) is 3.35. The Balaban J connectivity index is 1.35. The molecule has 1 aliphatic heterocycles. The summed E-state index contributed by atoms with van der Waals surface area (Å²) in [6.45, 7) is 4.24. The molecule has 3 aliphatic rings. The Hall–Kier alpha value is -1.37. The first-order chi connectivity index (χ1) is 12.1. The van der Waals surface area contributed by atoms with Crippen molar-refractivity contribution in [1.29, 1.82) is 0 Å². The van der Waals surface area contributed by atoms with Gasteiger partial charge in [-0.15, -0.1) is 0 Å². The van der Waals surface area contributed by atoms with Crippen LogP contribution in [0, 0.1) is 17.8 Å². The maximum Gasteiger partial charge on any atom is 0.243 e. The number of quaternary nitrogens is 1. The molecule has 6 heteroatoms. The van der Waals surface area contributed by atoms with Crippen molar-refractivity contribution in [3.05, 3.63) is 36.4 Å². The SMILES string of the molecule is COc1ccc(S(=O)(=O)N2CC[NH+](C[C@H]3C[C@@H]4C=C[C@H]3C4)CC2)cc1. The molecule has 1 heterocycles. The lowest BCUT2D eigenvalue weighted by Crippen LogP contribution is -3.15. The number of nitrogens with one attached hydrogen (secondary N) is 1. The first-order valence-electron chi connectivity index (χ1n) is 9.22. The highest BCUT2D eigenvalue weighted by Crippen LogP contribution is 2.42. The molecule has 5 nitrogen and oxygen atoms in total. The van der Waals surface area contributed by atoms with E-state index in [1.165, 1.54) is 19.4 Å². The Morgan fingerprint density at radius 2 is 1.84 bits per heavy atom. The second-order valence-corrected chi connectivity index (χ2v) is 9.51. The fourth-order valence-electron chi connectivity index (χ4n) is 4.64. The minimum absolute atomic E-state index is 0.356. The van der Waals surface area contributed by atoms with Gasteiger partial charge in [0.2, 0.25) is 10.0 Å². The van der Waals surface area contributed by atoms with Crippen molar-refractivity contribution >= 4 is 10.0 Å². The molecule has 0 amide bonds. The smallest absolute Gasteiger partial charge is 0.243 e. The number of piperazine rings is 1. The normalized spacial score (nSPS) is 30.0. The summed E-state index contributed by atoms with van der Waals surface area (Å²) in [5.41, 5.74) is 0. The molecule has 25 heavy (non-hydrogen) atoms.